The van der Waals surface area contributed by atoms with E-state index in [0.717, 1.165) is 5.75 Å². The number of hydrogen-bond donors (Lipinski definition) is 2. The van der Waals surface area contributed by atoms with Crippen LogP contribution in [-0.4, -0.2) is 58.2 Å². The summed E-state index contributed by atoms with van der Waals surface area (Å²) in [5.41, 5.74) is 0. The van der Waals surface area contributed by atoms with Crippen LogP contribution in [-0.2, 0) is 9.59 Å². The van der Waals surface area contributed by atoms with Crippen LogP contribution in [0.2, 0.25) is 0 Å². The number of hydrogen-bond acceptors (Lipinski definition) is 4. The molecule has 0 unspecified atom stereocenters. The standard InChI is InChI=1S/C11H19NO4S/c13-6-1-7-17-8-10(14)12-4-2-9(3-5-12)11(15)16/h9,13H,1-8H2,(H,15,16). The second-order valence-electron chi connectivity index (χ2n) is 4.12. The Morgan fingerprint density at radius 2 is 1.94 bits per heavy atom. The summed E-state index contributed by atoms with van der Waals surface area (Å²) in [4.78, 5) is 24.2. The number of carboxylic acid groups (broad SMARTS) is 1. The topological polar surface area (TPSA) is 77.8 Å². The van der Waals surface area contributed by atoms with Crippen LogP contribution in [0.3, 0.4) is 0 Å². The van der Waals surface area contributed by atoms with Gasteiger partial charge in [0.15, 0.2) is 0 Å². The lowest BCUT2D eigenvalue weighted by Crippen LogP contribution is -2.41. The largest absolute Gasteiger partial charge is 0.481 e. The first kappa shape index (κ1) is 14.3. The fraction of sp³-hybridized carbons (Fsp3) is 0.818. The summed E-state index contributed by atoms with van der Waals surface area (Å²) in [6.07, 6.45) is 1.82. The van der Waals surface area contributed by atoms with Crippen LogP contribution in [0.15, 0.2) is 0 Å². The molecule has 0 spiro atoms. The number of carbonyl (C=O) groups is 2. The second-order valence-corrected chi connectivity index (χ2v) is 5.23. The Hall–Kier alpha value is -0.750. The van der Waals surface area contributed by atoms with Crippen molar-refractivity contribution in [2.45, 2.75) is 19.3 Å². The van der Waals surface area contributed by atoms with Gasteiger partial charge in [-0.3, -0.25) is 9.59 Å². The first-order valence-electron chi connectivity index (χ1n) is 5.84. The summed E-state index contributed by atoms with van der Waals surface area (Å²) in [6.45, 7) is 1.26. The van der Waals surface area contributed by atoms with Crippen molar-refractivity contribution in [1.82, 2.24) is 4.90 Å². The van der Waals surface area contributed by atoms with E-state index in [4.69, 9.17) is 10.2 Å². The first-order chi connectivity index (χ1) is 8.15. The van der Waals surface area contributed by atoms with E-state index in [2.05, 4.69) is 0 Å². The van der Waals surface area contributed by atoms with Gasteiger partial charge in [-0.1, -0.05) is 0 Å². The Balaban J connectivity index is 2.19. The highest BCUT2D eigenvalue weighted by Crippen LogP contribution is 2.18. The van der Waals surface area contributed by atoms with Crippen molar-refractivity contribution in [2.75, 3.05) is 31.2 Å². The molecule has 0 aromatic heterocycles. The van der Waals surface area contributed by atoms with Gasteiger partial charge in [0.1, 0.15) is 0 Å². The zero-order valence-electron chi connectivity index (χ0n) is 9.80. The van der Waals surface area contributed by atoms with Crippen LogP contribution in [0.5, 0.6) is 0 Å². The molecular formula is C11H19NO4S. The average Bonchev–Trinajstić information content (AvgIpc) is 2.34. The maximum absolute atomic E-state index is 11.7. The number of rotatable bonds is 6. The van der Waals surface area contributed by atoms with E-state index in [-0.39, 0.29) is 18.4 Å². The van der Waals surface area contributed by atoms with Gasteiger partial charge in [-0.2, -0.15) is 11.8 Å². The molecule has 0 atom stereocenters. The average molecular weight is 261 g/mol. The number of aliphatic hydroxyl groups is 1. The molecule has 1 aliphatic heterocycles. The number of likely N-dealkylation sites (tertiary alicyclic amines) is 1. The lowest BCUT2D eigenvalue weighted by molar-refractivity contribution is -0.145. The first-order valence-corrected chi connectivity index (χ1v) is 6.99. The zero-order valence-corrected chi connectivity index (χ0v) is 10.6. The summed E-state index contributed by atoms with van der Waals surface area (Å²) < 4.78 is 0. The predicted molar refractivity (Wildman–Crippen MR) is 66.0 cm³/mol. The second kappa shape index (κ2) is 7.55. The van der Waals surface area contributed by atoms with E-state index in [0.29, 0.717) is 38.1 Å². The third kappa shape index (κ3) is 4.95. The molecule has 0 aromatic carbocycles. The van der Waals surface area contributed by atoms with Crippen molar-refractivity contribution in [3.63, 3.8) is 0 Å². The summed E-state index contributed by atoms with van der Waals surface area (Å²) in [5, 5.41) is 17.4. The molecule has 1 amide bonds. The summed E-state index contributed by atoms with van der Waals surface area (Å²) in [5.74, 6) is 0.248. The maximum Gasteiger partial charge on any atom is 0.306 e. The minimum Gasteiger partial charge on any atom is -0.481 e. The van der Waals surface area contributed by atoms with Gasteiger partial charge >= 0.3 is 5.97 Å². The van der Waals surface area contributed by atoms with Crippen LogP contribution >= 0.6 is 11.8 Å². The molecule has 1 rings (SSSR count). The van der Waals surface area contributed by atoms with Gasteiger partial charge in [0.25, 0.3) is 0 Å². The third-order valence-corrected chi connectivity index (χ3v) is 3.90. The van der Waals surface area contributed by atoms with E-state index in [1.165, 1.54) is 11.8 Å². The molecule has 2 N–H and O–H groups in total. The van der Waals surface area contributed by atoms with E-state index in [1.54, 1.807) is 4.90 Å². The maximum atomic E-state index is 11.7. The van der Waals surface area contributed by atoms with Gasteiger partial charge in [0.2, 0.25) is 5.91 Å². The van der Waals surface area contributed by atoms with Crippen molar-refractivity contribution >= 4 is 23.6 Å². The van der Waals surface area contributed by atoms with E-state index in [9.17, 15) is 9.59 Å². The van der Waals surface area contributed by atoms with Crippen LogP contribution in [0.4, 0.5) is 0 Å². The van der Waals surface area contributed by atoms with Crippen LogP contribution in [0.25, 0.3) is 0 Å². The molecule has 0 aliphatic carbocycles. The quantitative estimate of drug-likeness (QED) is 0.678. The van der Waals surface area contributed by atoms with Gasteiger partial charge in [0.05, 0.1) is 11.7 Å². The smallest absolute Gasteiger partial charge is 0.306 e. The van der Waals surface area contributed by atoms with Crippen LogP contribution < -0.4 is 0 Å². The highest BCUT2D eigenvalue weighted by atomic mass is 32.2. The normalized spacial score (nSPS) is 17.1. The van der Waals surface area contributed by atoms with E-state index >= 15 is 0 Å². The highest BCUT2D eigenvalue weighted by molar-refractivity contribution is 7.99. The fourth-order valence-corrected chi connectivity index (χ4v) is 2.63. The third-order valence-electron chi connectivity index (χ3n) is 2.87. The van der Waals surface area contributed by atoms with Crippen LogP contribution in [0, 0.1) is 5.92 Å². The summed E-state index contributed by atoms with van der Waals surface area (Å²) in [6, 6.07) is 0. The highest BCUT2D eigenvalue weighted by Gasteiger charge is 2.26. The van der Waals surface area contributed by atoms with Gasteiger partial charge in [-0.25, -0.2) is 0 Å². The van der Waals surface area contributed by atoms with Gasteiger partial charge in [0, 0.05) is 19.7 Å². The molecule has 0 bridgehead atoms. The molecule has 1 heterocycles. The molecule has 1 saturated heterocycles. The van der Waals surface area contributed by atoms with E-state index < -0.39 is 5.97 Å². The summed E-state index contributed by atoms with van der Waals surface area (Å²) in [7, 11) is 0. The number of nitrogens with zero attached hydrogens (tertiary/aromatic N) is 1. The molecule has 1 fully saturated rings. The molecule has 98 valence electrons. The van der Waals surface area contributed by atoms with Gasteiger partial charge in [-0.15, -0.1) is 0 Å². The van der Waals surface area contributed by atoms with Gasteiger partial charge < -0.3 is 15.1 Å². The minimum atomic E-state index is -0.755. The van der Waals surface area contributed by atoms with Crippen molar-refractivity contribution in [2.24, 2.45) is 5.92 Å². The van der Waals surface area contributed by atoms with Crippen LogP contribution in [0.1, 0.15) is 19.3 Å². The predicted octanol–water partition coefficient (Wildman–Crippen LogP) is 0.425. The molecular weight excluding hydrogens is 242 g/mol. The SMILES string of the molecule is O=C(O)C1CCN(C(=O)CSCCCO)CC1. The molecule has 0 saturated carbocycles. The molecule has 17 heavy (non-hydrogen) atoms. The van der Waals surface area contributed by atoms with Gasteiger partial charge in [-0.05, 0) is 25.0 Å². The minimum absolute atomic E-state index is 0.0804. The molecule has 0 aromatic rings. The Labute approximate surface area is 105 Å². The zero-order chi connectivity index (χ0) is 12.7. The monoisotopic (exact) mass is 261 g/mol. The van der Waals surface area contributed by atoms with E-state index in [1.807, 2.05) is 0 Å². The Morgan fingerprint density at radius 3 is 2.47 bits per heavy atom. The van der Waals surface area contributed by atoms with Crippen molar-refractivity contribution < 1.29 is 19.8 Å². The molecule has 1 aliphatic rings. The fourth-order valence-electron chi connectivity index (χ4n) is 1.79. The molecule has 0 radical (unpaired) electrons. The van der Waals surface area contributed by atoms with Crippen molar-refractivity contribution in [3.05, 3.63) is 0 Å². The van der Waals surface area contributed by atoms with Crippen molar-refractivity contribution in [1.29, 1.82) is 0 Å². The Bertz CT molecular complexity index is 264. The Kier molecular flexibility index (Phi) is 6.36. The lowest BCUT2D eigenvalue weighted by Gasteiger charge is -2.30. The molecule has 5 nitrogen and oxygen atoms in total. The Morgan fingerprint density at radius 1 is 1.29 bits per heavy atom. The molecule has 6 heteroatoms. The number of piperidine rings is 1. The number of carbonyl (C=O) groups excluding carboxylic acids is 1. The lowest BCUT2D eigenvalue weighted by atomic mass is 9.97. The summed E-state index contributed by atoms with van der Waals surface area (Å²) >= 11 is 1.52. The number of aliphatic carboxylic acids is 1. The number of aliphatic hydroxyl groups excluding tert-OH is 1. The number of carboxylic acids is 1. The number of amides is 1. The van der Waals surface area contributed by atoms with Crippen molar-refractivity contribution in [3.8, 4) is 0 Å². The number of thioether (sulfide) groups is 1.